The molecular formula is C21H36N4O2. The number of nitrogens with zero attached hydrogens (tertiary/aromatic N) is 1. The summed E-state index contributed by atoms with van der Waals surface area (Å²) in [4.78, 5) is 26.8. The third-order valence-electron chi connectivity index (χ3n) is 4.66. The largest absolute Gasteiger partial charge is 0.352 e. The smallest absolute Gasteiger partial charge is 0.319 e. The van der Waals surface area contributed by atoms with E-state index in [1.165, 1.54) is 0 Å². The van der Waals surface area contributed by atoms with Crippen LogP contribution in [-0.4, -0.2) is 49.1 Å². The van der Waals surface area contributed by atoms with E-state index in [1.54, 1.807) is 12.1 Å². The number of aryl methyl sites for hydroxylation is 1. The molecule has 27 heavy (non-hydrogen) atoms. The van der Waals surface area contributed by atoms with Crippen LogP contribution in [0.4, 0.5) is 10.5 Å². The van der Waals surface area contributed by atoms with Crippen LogP contribution < -0.4 is 16.0 Å². The monoisotopic (exact) mass is 376 g/mol. The van der Waals surface area contributed by atoms with Gasteiger partial charge < -0.3 is 16.0 Å². The Morgan fingerprint density at radius 3 is 2.30 bits per heavy atom. The van der Waals surface area contributed by atoms with E-state index >= 15 is 0 Å². The van der Waals surface area contributed by atoms with Crippen molar-refractivity contribution in [1.82, 2.24) is 15.5 Å². The number of urea groups is 1. The predicted octanol–water partition coefficient (Wildman–Crippen LogP) is 3.62. The van der Waals surface area contributed by atoms with E-state index in [2.05, 4.69) is 48.5 Å². The van der Waals surface area contributed by atoms with Crippen LogP contribution in [0.15, 0.2) is 18.2 Å². The molecule has 1 rings (SSSR count). The number of rotatable bonds is 10. The summed E-state index contributed by atoms with van der Waals surface area (Å²) in [6, 6.07) is 5.40. The van der Waals surface area contributed by atoms with Crippen LogP contribution in [0.3, 0.4) is 0 Å². The van der Waals surface area contributed by atoms with Gasteiger partial charge in [0.25, 0.3) is 5.91 Å². The number of carbonyl (C=O) groups is 2. The van der Waals surface area contributed by atoms with E-state index in [0.29, 0.717) is 36.3 Å². The maximum absolute atomic E-state index is 12.4. The average molecular weight is 377 g/mol. The zero-order valence-corrected chi connectivity index (χ0v) is 17.7. The molecule has 6 nitrogen and oxygen atoms in total. The number of anilines is 1. The fourth-order valence-electron chi connectivity index (χ4n) is 3.18. The molecule has 0 fully saturated rings. The molecule has 1 aromatic rings. The first-order valence-corrected chi connectivity index (χ1v) is 9.99. The Bertz CT molecular complexity index is 612. The van der Waals surface area contributed by atoms with Gasteiger partial charge in [-0.15, -0.1) is 0 Å². The van der Waals surface area contributed by atoms with E-state index in [1.807, 2.05) is 19.9 Å². The number of carbonyl (C=O) groups excluding carboxylic acids is 2. The maximum atomic E-state index is 12.4. The molecule has 0 aromatic heterocycles. The fraction of sp³-hybridized carbons (Fsp3) is 0.619. The van der Waals surface area contributed by atoms with Crippen molar-refractivity contribution in [3.63, 3.8) is 0 Å². The van der Waals surface area contributed by atoms with E-state index < -0.39 is 0 Å². The van der Waals surface area contributed by atoms with Crippen LogP contribution in [0.5, 0.6) is 0 Å². The highest BCUT2D eigenvalue weighted by Gasteiger charge is 2.18. The molecule has 1 atom stereocenters. The van der Waals surface area contributed by atoms with Crippen molar-refractivity contribution in [2.75, 3.05) is 31.5 Å². The number of hydrogen-bond donors (Lipinski definition) is 3. The lowest BCUT2D eigenvalue weighted by Gasteiger charge is -2.31. The van der Waals surface area contributed by atoms with Crippen LogP contribution in [0.2, 0.25) is 0 Å². The summed E-state index contributed by atoms with van der Waals surface area (Å²) in [6.45, 7) is 15.6. The predicted molar refractivity (Wildman–Crippen MR) is 112 cm³/mol. The first-order valence-electron chi connectivity index (χ1n) is 9.99. The van der Waals surface area contributed by atoms with Crippen LogP contribution >= 0.6 is 0 Å². The van der Waals surface area contributed by atoms with Crippen molar-refractivity contribution in [3.05, 3.63) is 29.3 Å². The van der Waals surface area contributed by atoms with Gasteiger partial charge in [0.2, 0.25) is 0 Å². The molecule has 0 heterocycles. The van der Waals surface area contributed by atoms with Gasteiger partial charge in [0.1, 0.15) is 0 Å². The topological polar surface area (TPSA) is 73.5 Å². The van der Waals surface area contributed by atoms with Crippen molar-refractivity contribution in [2.45, 2.75) is 54.0 Å². The minimum Gasteiger partial charge on any atom is -0.352 e. The molecule has 0 saturated carbocycles. The molecular weight excluding hydrogens is 340 g/mol. The van der Waals surface area contributed by atoms with E-state index in [-0.39, 0.29) is 11.9 Å². The maximum Gasteiger partial charge on any atom is 0.319 e. The summed E-state index contributed by atoms with van der Waals surface area (Å²) >= 11 is 0. The first-order chi connectivity index (χ1) is 12.8. The van der Waals surface area contributed by atoms with Crippen molar-refractivity contribution < 1.29 is 9.59 Å². The lowest BCUT2D eigenvalue weighted by atomic mass is 10.0. The minimum atomic E-state index is -0.243. The zero-order valence-electron chi connectivity index (χ0n) is 17.7. The number of likely N-dealkylation sites (N-methyl/N-ethyl adjacent to an activating group) is 1. The third kappa shape index (κ3) is 7.59. The first kappa shape index (κ1) is 23.0. The highest BCUT2D eigenvalue weighted by Crippen LogP contribution is 2.17. The van der Waals surface area contributed by atoms with Crippen molar-refractivity contribution in [3.8, 4) is 0 Å². The van der Waals surface area contributed by atoms with Gasteiger partial charge in [0.15, 0.2) is 0 Å². The molecule has 1 aromatic carbocycles. The van der Waals surface area contributed by atoms with Crippen LogP contribution in [0.1, 0.15) is 57.0 Å². The SMILES string of the molecule is CCNC(=O)c1ccc(C)c(NC(=O)NCC(CC(C)C)N(CC)CC)c1. The van der Waals surface area contributed by atoms with Crippen LogP contribution in [-0.2, 0) is 0 Å². The highest BCUT2D eigenvalue weighted by atomic mass is 16.2. The normalized spacial score (nSPS) is 12.1. The molecule has 0 bridgehead atoms. The van der Waals surface area contributed by atoms with E-state index in [0.717, 1.165) is 25.1 Å². The Kier molecular flexibility index (Phi) is 9.86. The molecule has 1 unspecified atom stereocenters. The Morgan fingerprint density at radius 2 is 1.74 bits per heavy atom. The molecule has 0 radical (unpaired) electrons. The summed E-state index contributed by atoms with van der Waals surface area (Å²) in [7, 11) is 0. The highest BCUT2D eigenvalue weighted by molar-refractivity contribution is 5.97. The second kappa shape index (κ2) is 11.6. The molecule has 0 saturated heterocycles. The van der Waals surface area contributed by atoms with Crippen LogP contribution in [0, 0.1) is 12.8 Å². The molecule has 0 aliphatic heterocycles. The van der Waals surface area contributed by atoms with Gasteiger partial charge in [0.05, 0.1) is 0 Å². The third-order valence-corrected chi connectivity index (χ3v) is 4.66. The fourth-order valence-corrected chi connectivity index (χ4v) is 3.18. The summed E-state index contributed by atoms with van der Waals surface area (Å²) in [5.41, 5.74) is 2.11. The lowest BCUT2D eigenvalue weighted by molar-refractivity contribution is 0.0956. The van der Waals surface area contributed by atoms with Crippen molar-refractivity contribution >= 4 is 17.6 Å². The van der Waals surface area contributed by atoms with E-state index in [4.69, 9.17) is 0 Å². The number of benzene rings is 1. The summed E-state index contributed by atoms with van der Waals surface area (Å²) in [5.74, 6) is 0.427. The molecule has 3 N–H and O–H groups in total. The molecule has 0 aliphatic carbocycles. The summed E-state index contributed by atoms with van der Waals surface area (Å²) < 4.78 is 0. The van der Waals surface area contributed by atoms with Crippen molar-refractivity contribution in [1.29, 1.82) is 0 Å². The Hall–Kier alpha value is -2.08. The lowest BCUT2D eigenvalue weighted by Crippen LogP contribution is -2.45. The van der Waals surface area contributed by atoms with Gasteiger partial charge in [-0.1, -0.05) is 33.8 Å². The molecule has 0 spiro atoms. The number of amides is 3. The summed E-state index contributed by atoms with van der Waals surface area (Å²) in [5, 5.41) is 8.65. The number of nitrogens with one attached hydrogen (secondary N) is 3. The zero-order chi connectivity index (χ0) is 20.4. The van der Waals surface area contributed by atoms with Gasteiger partial charge in [-0.05, 0) is 57.0 Å². The average Bonchev–Trinajstić information content (AvgIpc) is 2.62. The molecule has 0 aliphatic rings. The Morgan fingerprint density at radius 1 is 1.07 bits per heavy atom. The van der Waals surface area contributed by atoms with Gasteiger partial charge >= 0.3 is 6.03 Å². The quantitative estimate of drug-likeness (QED) is 0.584. The second-order valence-electron chi connectivity index (χ2n) is 7.23. The van der Waals surface area contributed by atoms with Gasteiger partial charge in [-0.3, -0.25) is 9.69 Å². The van der Waals surface area contributed by atoms with Crippen molar-refractivity contribution in [2.24, 2.45) is 5.92 Å². The minimum absolute atomic E-state index is 0.139. The standard InChI is InChI=1S/C21H36N4O2/c1-7-22-20(26)17-11-10-16(6)19(13-17)24-21(27)23-14-18(12-15(4)5)25(8-2)9-3/h10-11,13,15,18H,7-9,12,14H2,1-6H3,(H,22,26)(H2,23,24,27). The summed E-state index contributed by atoms with van der Waals surface area (Å²) in [6.07, 6.45) is 1.04. The van der Waals surface area contributed by atoms with Gasteiger partial charge in [-0.25, -0.2) is 4.79 Å². The molecule has 6 heteroatoms. The van der Waals surface area contributed by atoms with E-state index in [9.17, 15) is 9.59 Å². The Balaban J connectivity index is 2.75. The Labute approximate surface area is 164 Å². The molecule has 3 amide bonds. The number of hydrogen-bond acceptors (Lipinski definition) is 3. The van der Waals surface area contributed by atoms with Gasteiger partial charge in [-0.2, -0.15) is 0 Å². The van der Waals surface area contributed by atoms with Crippen LogP contribution in [0.25, 0.3) is 0 Å². The second-order valence-corrected chi connectivity index (χ2v) is 7.23. The van der Waals surface area contributed by atoms with Gasteiger partial charge in [0, 0.05) is 30.4 Å². The molecule has 152 valence electrons.